The van der Waals surface area contributed by atoms with Crippen LogP contribution >= 0.6 is 0 Å². The molecule has 2 N–H and O–H groups in total. The first kappa shape index (κ1) is 23.0. The fourth-order valence-corrected chi connectivity index (χ4v) is 11.6. The Morgan fingerprint density at radius 1 is 0.818 bits per heavy atom. The van der Waals surface area contributed by atoms with E-state index in [1.165, 1.54) is 56.9 Å². The highest BCUT2D eigenvalue weighted by Crippen LogP contribution is 2.89. The van der Waals surface area contributed by atoms with Gasteiger partial charge in [0.05, 0.1) is 18.8 Å². The van der Waals surface area contributed by atoms with Crippen LogP contribution in [0.25, 0.3) is 0 Å². The minimum Gasteiger partial charge on any atom is -0.393 e. The quantitative estimate of drug-likeness (QED) is 0.492. The summed E-state index contributed by atoms with van der Waals surface area (Å²) in [7, 11) is 0. The Balaban J connectivity index is 1.30. The van der Waals surface area contributed by atoms with E-state index in [-0.39, 0.29) is 29.6 Å². The Morgan fingerprint density at radius 2 is 1.52 bits per heavy atom. The molecule has 33 heavy (non-hydrogen) atoms. The van der Waals surface area contributed by atoms with E-state index >= 15 is 0 Å². The fourth-order valence-electron chi connectivity index (χ4n) is 11.6. The standard InChI is InChI=1S/C30H48O3/c1-18(2)15-21-25(32)19(16-33-21)20-9-11-28(6)23-8-7-22-26(3,4)24(31)10-12-29(22)17-30(23,29)14-13-27(20,28)5/h15,19-25,31-32H,7-14,16-17H2,1-6H3/t19-,20+,21+,22-,23-,24-,25-,27+,28-,29+,30-/m0/s1. The summed E-state index contributed by atoms with van der Waals surface area (Å²) in [4.78, 5) is 0. The largest absolute Gasteiger partial charge is 0.393 e. The lowest BCUT2D eigenvalue weighted by atomic mass is 9.41. The second-order valence-electron chi connectivity index (χ2n) is 14.7. The Hall–Kier alpha value is -0.380. The summed E-state index contributed by atoms with van der Waals surface area (Å²) in [6.07, 6.45) is 13.2. The van der Waals surface area contributed by atoms with Crippen molar-refractivity contribution >= 4 is 0 Å². The van der Waals surface area contributed by atoms with Crippen LogP contribution in [0.1, 0.15) is 99.3 Å². The van der Waals surface area contributed by atoms with E-state index in [1.807, 2.05) is 0 Å². The van der Waals surface area contributed by atoms with Crippen LogP contribution in [0.4, 0.5) is 0 Å². The molecule has 3 nitrogen and oxygen atoms in total. The van der Waals surface area contributed by atoms with Crippen molar-refractivity contribution in [2.45, 2.75) is 118 Å². The maximum Gasteiger partial charge on any atom is 0.102 e. The first-order valence-corrected chi connectivity index (χ1v) is 14.1. The highest BCUT2D eigenvalue weighted by atomic mass is 16.5. The Kier molecular flexibility index (Phi) is 4.81. The zero-order valence-electron chi connectivity index (χ0n) is 22.0. The molecule has 0 bridgehead atoms. The molecule has 0 unspecified atom stereocenters. The normalized spacial score (nSPS) is 58.6. The number of hydrogen-bond acceptors (Lipinski definition) is 3. The average Bonchev–Trinajstić information content (AvgIpc) is 3.18. The summed E-state index contributed by atoms with van der Waals surface area (Å²) in [5.74, 6) is 2.37. The van der Waals surface area contributed by atoms with Crippen molar-refractivity contribution in [1.29, 1.82) is 0 Å². The zero-order valence-corrected chi connectivity index (χ0v) is 22.0. The molecular weight excluding hydrogens is 408 g/mol. The van der Waals surface area contributed by atoms with Crippen molar-refractivity contribution in [2.75, 3.05) is 6.61 Å². The highest BCUT2D eigenvalue weighted by molar-refractivity contribution is 5.30. The van der Waals surface area contributed by atoms with Gasteiger partial charge in [0.1, 0.15) is 6.10 Å². The molecule has 2 spiro atoms. The molecule has 6 aliphatic rings. The summed E-state index contributed by atoms with van der Waals surface area (Å²) in [6, 6.07) is 0. The monoisotopic (exact) mass is 456 g/mol. The molecule has 0 aromatic heterocycles. The molecule has 186 valence electrons. The molecule has 11 atom stereocenters. The van der Waals surface area contributed by atoms with Gasteiger partial charge in [0, 0.05) is 5.92 Å². The lowest BCUT2D eigenvalue weighted by molar-refractivity contribution is -0.163. The van der Waals surface area contributed by atoms with Crippen molar-refractivity contribution in [2.24, 2.45) is 50.7 Å². The third kappa shape index (κ3) is 2.63. The topological polar surface area (TPSA) is 49.7 Å². The van der Waals surface area contributed by atoms with Gasteiger partial charge in [0.15, 0.2) is 0 Å². The van der Waals surface area contributed by atoms with Crippen LogP contribution in [0.3, 0.4) is 0 Å². The lowest BCUT2D eigenvalue weighted by Gasteiger charge is -2.63. The first-order chi connectivity index (χ1) is 15.4. The van der Waals surface area contributed by atoms with Crippen LogP contribution in [-0.4, -0.2) is 35.1 Å². The van der Waals surface area contributed by atoms with Gasteiger partial charge in [0.25, 0.3) is 0 Å². The molecule has 0 radical (unpaired) electrons. The van der Waals surface area contributed by atoms with E-state index in [0.29, 0.717) is 33.5 Å². The number of rotatable bonds is 2. The summed E-state index contributed by atoms with van der Waals surface area (Å²) >= 11 is 0. The third-order valence-corrected chi connectivity index (χ3v) is 13.4. The molecule has 6 fully saturated rings. The highest BCUT2D eigenvalue weighted by Gasteiger charge is 2.82. The SMILES string of the molecule is CC(C)=C[C@H]1OC[C@@H]([C@H]2CC[C@@]3(C)[C@@H]4CC[C@H]5C(C)(C)[C@@H](O)CC[C@@]56C[C@@]46CC[C@]23C)[C@@H]1O. The fraction of sp³-hybridized carbons (Fsp3) is 0.933. The summed E-state index contributed by atoms with van der Waals surface area (Å²) in [5.41, 5.74) is 3.02. The number of hydrogen-bond donors (Lipinski definition) is 2. The Morgan fingerprint density at radius 3 is 2.24 bits per heavy atom. The van der Waals surface area contributed by atoms with Crippen LogP contribution in [0.5, 0.6) is 0 Å². The molecule has 5 saturated carbocycles. The summed E-state index contributed by atoms with van der Waals surface area (Å²) < 4.78 is 6.15. The molecule has 1 heterocycles. The maximum absolute atomic E-state index is 11.3. The van der Waals surface area contributed by atoms with Gasteiger partial charge in [-0.3, -0.25) is 0 Å². The van der Waals surface area contributed by atoms with Crippen LogP contribution in [0.15, 0.2) is 11.6 Å². The van der Waals surface area contributed by atoms with Crippen molar-refractivity contribution in [3.8, 4) is 0 Å². The lowest BCUT2D eigenvalue weighted by Crippen LogP contribution is -2.58. The zero-order chi connectivity index (χ0) is 23.6. The van der Waals surface area contributed by atoms with E-state index in [4.69, 9.17) is 4.74 Å². The molecular formula is C30H48O3. The second kappa shape index (κ2) is 6.88. The van der Waals surface area contributed by atoms with E-state index in [2.05, 4.69) is 47.6 Å². The van der Waals surface area contributed by atoms with E-state index < -0.39 is 0 Å². The predicted octanol–water partition coefficient (Wildman–Crippen LogP) is 6.13. The van der Waals surface area contributed by atoms with Crippen LogP contribution < -0.4 is 0 Å². The van der Waals surface area contributed by atoms with Gasteiger partial charge in [-0.2, -0.15) is 0 Å². The van der Waals surface area contributed by atoms with Gasteiger partial charge < -0.3 is 14.9 Å². The van der Waals surface area contributed by atoms with Crippen LogP contribution in [-0.2, 0) is 4.74 Å². The predicted molar refractivity (Wildman–Crippen MR) is 132 cm³/mol. The molecule has 1 saturated heterocycles. The van der Waals surface area contributed by atoms with Crippen molar-refractivity contribution in [3.63, 3.8) is 0 Å². The molecule has 3 heteroatoms. The van der Waals surface area contributed by atoms with Crippen LogP contribution in [0, 0.1) is 50.7 Å². The molecule has 0 amide bonds. The number of fused-ring (bicyclic) bond motifs is 2. The summed E-state index contributed by atoms with van der Waals surface area (Å²) in [5, 5.41) is 22.1. The number of allylic oxidation sites excluding steroid dienone is 1. The molecule has 0 aromatic rings. The minimum atomic E-state index is -0.358. The first-order valence-electron chi connectivity index (χ1n) is 14.1. The van der Waals surface area contributed by atoms with E-state index in [9.17, 15) is 10.2 Å². The molecule has 6 rings (SSSR count). The second-order valence-corrected chi connectivity index (χ2v) is 14.7. The van der Waals surface area contributed by atoms with Gasteiger partial charge in [-0.15, -0.1) is 0 Å². The summed E-state index contributed by atoms with van der Waals surface area (Å²) in [6.45, 7) is 14.9. The van der Waals surface area contributed by atoms with Gasteiger partial charge in [-0.05, 0) is 116 Å². The Labute approximate surface area is 201 Å². The van der Waals surface area contributed by atoms with E-state index in [1.54, 1.807) is 0 Å². The van der Waals surface area contributed by atoms with Gasteiger partial charge in [-0.1, -0.05) is 39.3 Å². The van der Waals surface area contributed by atoms with Crippen LogP contribution in [0.2, 0.25) is 0 Å². The van der Waals surface area contributed by atoms with Crippen molar-refractivity contribution in [3.05, 3.63) is 11.6 Å². The van der Waals surface area contributed by atoms with Crippen molar-refractivity contribution in [1.82, 2.24) is 0 Å². The molecule has 0 aromatic carbocycles. The maximum atomic E-state index is 11.3. The Bertz CT molecular complexity index is 859. The molecule has 1 aliphatic heterocycles. The van der Waals surface area contributed by atoms with Gasteiger partial charge in [0.2, 0.25) is 0 Å². The number of aliphatic hydroxyl groups is 2. The van der Waals surface area contributed by atoms with Crippen molar-refractivity contribution < 1.29 is 14.9 Å². The number of ether oxygens (including phenoxy) is 1. The molecule has 5 aliphatic carbocycles. The van der Waals surface area contributed by atoms with E-state index in [0.717, 1.165) is 18.9 Å². The smallest absolute Gasteiger partial charge is 0.102 e. The minimum absolute atomic E-state index is 0.0673. The number of aliphatic hydroxyl groups excluding tert-OH is 2. The van der Waals surface area contributed by atoms with Gasteiger partial charge >= 0.3 is 0 Å². The third-order valence-electron chi connectivity index (χ3n) is 13.4. The average molecular weight is 457 g/mol. The van der Waals surface area contributed by atoms with Gasteiger partial charge in [-0.25, -0.2) is 0 Å².